The molecule has 1 saturated carbocycles. The molecule has 1 aliphatic carbocycles. The fourth-order valence-electron chi connectivity index (χ4n) is 2.48. The quantitative estimate of drug-likeness (QED) is 0.660. The number of carboxylic acid groups (broad SMARTS) is 1. The van der Waals surface area contributed by atoms with Crippen LogP contribution >= 0.6 is 0 Å². The molecule has 4 heteroatoms. The third-order valence-electron chi connectivity index (χ3n) is 3.57. The summed E-state index contributed by atoms with van der Waals surface area (Å²) in [5.74, 6) is -1.09. The first-order valence-corrected chi connectivity index (χ1v) is 5.16. The van der Waals surface area contributed by atoms with E-state index in [9.17, 15) is 9.90 Å². The fraction of sp³-hybridized carbons (Fsp3) is 0.900. The molecule has 0 atom stereocenters. The van der Waals surface area contributed by atoms with E-state index < -0.39 is 11.6 Å². The van der Waals surface area contributed by atoms with Crippen LogP contribution in [-0.2, 0) is 9.53 Å². The molecule has 0 unspecified atom stereocenters. The van der Waals surface area contributed by atoms with Gasteiger partial charge in [0.1, 0.15) is 0 Å². The monoisotopic (exact) mass is 200 g/mol. The number of rotatable bonds is 1. The first kappa shape index (κ1) is 9.93. The minimum Gasteiger partial charge on any atom is -0.479 e. The van der Waals surface area contributed by atoms with Crippen molar-refractivity contribution in [3.8, 4) is 0 Å². The van der Waals surface area contributed by atoms with Gasteiger partial charge in [0.15, 0.2) is 5.60 Å². The van der Waals surface area contributed by atoms with Crippen molar-refractivity contribution in [3.63, 3.8) is 0 Å². The van der Waals surface area contributed by atoms with Gasteiger partial charge in [-0.1, -0.05) is 0 Å². The second-order valence-electron chi connectivity index (χ2n) is 4.47. The summed E-state index contributed by atoms with van der Waals surface area (Å²) in [5.41, 5.74) is -1.61. The van der Waals surface area contributed by atoms with E-state index in [4.69, 9.17) is 9.84 Å². The van der Waals surface area contributed by atoms with E-state index in [-0.39, 0.29) is 5.60 Å². The Morgan fingerprint density at radius 2 is 1.79 bits per heavy atom. The molecule has 0 bridgehead atoms. The molecule has 0 amide bonds. The molecule has 1 saturated heterocycles. The number of carboxylic acids is 1. The molecule has 0 aromatic heterocycles. The molecule has 4 nitrogen and oxygen atoms in total. The molecule has 0 radical (unpaired) electrons. The Morgan fingerprint density at radius 1 is 1.14 bits per heavy atom. The smallest absolute Gasteiger partial charge is 0.335 e. The van der Waals surface area contributed by atoms with Gasteiger partial charge in [-0.2, -0.15) is 0 Å². The summed E-state index contributed by atoms with van der Waals surface area (Å²) in [4.78, 5) is 10.8. The zero-order valence-electron chi connectivity index (χ0n) is 8.16. The molecule has 2 fully saturated rings. The Kier molecular flexibility index (Phi) is 2.27. The lowest BCUT2D eigenvalue weighted by Crippen LogP contribution is -2.47. The van der Waals surface area contributed by atoms with Crippen molar-refractivity contribution in [2.24, 2.45) is 0 Å². The number of carbonyl (C=O) groups is 1. The molecule has 0 aromatic carbocycles. The molecular formula is C10H16O4. The molecule has 1 heterocycles. The van der Waals surface area contributed by atoms with Crippen LogP contribution in [0.5, 0.6) is 0 Å². The summed E-state index contributed by atoms with van der Waals surface area (Å²) >= 11 is 0. The number of ether oxygens (including phenoxy) is 1. The summed E-state index contributed by atoms with van der Waals surface area (Å²) in [6, 6.07) is 0. The first-order valence-electron chi connectivity index (χ1n) is 5.16. The second-order valence-corrected chi connectivity index (χ2v) is 4.47. The summed E-state index contributed by atoms with van der Waals surface area (Å²) in [6.45, 7) is 0.783. The van der Waals surface area contributed by atoms with Crippen LogP contribution in [-0.4, -0.2) is 34.0 Å². The highest BCUT2D eigenvalue weighted by Gasteiger charge is 2.47. The van der Waals surface area contributed by atoms with Gasteiger partial charge >= 0.3 is 5.97 Å². The van der Waals surface area contributed by atoms with Crippen LogP contribution in [0.1, 0.15) is 38.5 Å². The standard InChI is InChI=1S/C10H16O4/c11-8(12)10(13)5-3-9(4-6-10)2-1-7-14-9/h13H,1-7H2,(H,11,12). The lowest BCUT2D eigenvalue weighted by Gasteiger charge is -2.39. The highest BCUT2D eigenvalue weighted by atomic mass is 16.5. The van der Waals surface area contributed by atoms with E-state index in [1.54, 1.807) is 0 Å². The maximum atomic E-state index is 10.8. The number of aliphatic carboxylic acids is 1. The van der Waals surface area contributed by atoms with Crippen LogP contribution in [0.25, 0.3) is 0 Å². The van der Waals surface area contributed by atoms with Crippen molar-refractivity contribution >= 4 is 5.97 Å². The highest BCUT2D eigenvalue weighted by molar-refractivity contribution is 5.77. The average molecular weight is 200 g/mol. The average Bonchev–Trinajstić information content (AvgIpc) is 2.60. The van der Waals surface area contributed by atoms with Gasteiger partial charge in [-0.15, -0.1) is 0 Å². The van der Waals surface area contributed by atoms with E-state index in [1.165, 1.54) is 0 Å². The number of hydrogen-bond acceptors (Lipinski definition) is 3. The third-order valence-corrected chi connectivity index (χ3v) is 3.57. The number of hydrogen-bond donors (Lipinski definition) is 2. The topological polar surface area (TPSA) is 66.8 Å². The normalized spacial score (nSPS) is 42.9. The summed E-state index contributed by atoms with van der Waals surface area (Å²) in [5, 5.41) is 18.6. The predicted octanol–water partition coefficient (Wildman–Crippen LogP) is 0.925. The van der Waals surface area contributed by atoms with Crippen LogP contribution in [0.3, 0.4) is 0 Å². The maximum Gasteiger partial charge on any atom is 0.335 e. The summed E-state index contributed by atoms with van der Waals surface area (Å²) < 4.78 is 5.65. The van der Waals surface area contributed by atoms with Crippen molar-refractivity contribution in [3.05, 3.63) is 0 Å². The molecule has 1 spiro atoms. The Labute approximate surface area is 82.9 Å². The minimum atomic E-state index is -1.50. The summed E-state index contributed by atoms with van der Waals surface area (Å²) in [6.07, 6.45) is 4.07. The molecule has 1 aliphatic heterocycles. The van der Waals surface area contributed by atoms with Crippen molar-refractivity contribution in [1.29, 1.82) is 0 Å². The zero-order chi connectivity index (χ0) is 10.2. The van der Waals surface area contributed by atoms with Gasteiger partial charge in [-0.3, -0.25) is 0 Å². The van der Waals surface area contributed by atoms with Crippen molar-refractivity contribution in [2.45, 2.75) is 49.7 Å². The van der Waals surface area contributed by atoms with Crippen LogP contribution in [0, 0.1) is 0 Å². The fourth-order valence-corrected chi connectivity index (χ4v) is 2.48. The van der Waals surface area contributed by atoms with Gasteiger partial charge in [-0.05, 0) is 38.5 Å². The Bertz CT molecular complexity index is 233. The van der Waals surface area contributed by atoms with Crippen LogP contribution in [0.4, 0.5) is 0 Å². The van der Waals surface area contributed by atoms with Crippen molar-refractivity contribution in [2.75, 3.05) is 6.61 Å². The van der Waals surface area contributed by atoms with Crippen LogP contribution in [0.2, 0.25) is 0 Å². The molecule has 14 heavy (non-hydrogen) atoms. The predicted molar refractivity (Wildman–Crippen MR) is 49.0 cm³/mol. The SMILES string of the molecule is O=C(O)C1(O)CCC2(CCCO2)CC1. The molecule has 2 rings (SSSR count). The Balaban J connectivity index is 2.01. The van der Waals surface area contributed by atoms with Gasteiger partial charge in [-0.25, -0.2) is 4.79 Å². The minimum absolute atomic E-state index is 0.109. The van der Waals surface area contributed by atoms with Crippen molar-refractivity contribution in [1.82, 2.24) is 0 Å². The largest absolute Gasteiger partial charge is 0.479 e. The lowest BCUT2D eigenvalue weighted by atomic mass is 9.75. The van der Waals surface area contributed by atoms with Gasteiger partial charge in [0.25, 0.3) is 0 Å². The van der Waals surface area contributed by atoms with Gasteiger partial charge in [0.2, 0.25) is 0 Å². The summed E-state index contributed by atoms with van der Waals surface area (Å²) in [7, 11) is 0. The molecule has 80 valence electrons. The lowest BCUT2D eigenvalue weighted by molar-refractivity contribution is -0.168. The highest BCUT2D eigenvalue weighted by Crippen LogP contribution is 2.42. The Morgan fingerprint density at radius 3 is 2.21 bits per heavy atom. The van der Waals surface area contributed by atoms with Gasteiger partial charge < -0.3 is 14.9 Å². The van der Waals surface area contributed by atoms with E-state index in [0.717, 1.165) is 19.4 Å². The van der Waals surface area contributed by atoms with Gasteiger partial charge in [0.05, 0.1) is 5.60 Å². The molecule has 2 N–H and O–H groups in total. The number of aliphatic hydroxyl groups is 1. The van der Waals surface area contributed by atoms with Crippen LogP contribution in [0.15, 0.2) is 0 Å². The van der Waals surface area contributed by atoms with Crippen molar-refractivity contribution < 1.29 is 19.7 Å². The van der Waals surface area contributed by atoms with E-state index in [0.29, 0.717) is 25.7 Å². The second kappa shape index (κ2) is 3.21. The van der Waals surface area contributed by atoms with E-state index in [2.05, 4.69) is 0 Å². The third kappa shape index (κ3) is 1.53. The molecule has 2 aliphatic rings. The zero-order valence-corrected chi connectivity index (χ0v) is 8.16. The maximum absolute atomic E-state index is 10.8. The Hall–Kier alpha value is -0.610. The molecule has 0 aromatic rings. The van der Waals surface area contributed by atoms with E-state index >= 15 is 0 Å². The molecular weight excluding hydrogens is 184 g/mol. The van der Waals surface area contributed by atoms with Crippen LogP contribution < -0.4 is 0 Å². The van der Waals surface area contributed by atoms with E-state index in [1.807, 2.05) is 0 Å². The van der Waals surface area contributed by atoms with Gasteiger partial charge in [0, 0.05) is 6.61 Å². The first-order chi connectivity index (χ1) is 6.56.